The monoisotopic (exact) mass is 305 g/mol. The lowest BCUT2D eigenvalue weighted by Gasteiger charge is -2.22. The van der Waals surface area contributed by atoms with Gasteiger partial charge in [0.15, 0.2) is 5.82 Å². The Balaban J connectivity index is 1.77. The summed E-state index contributed by atoms with van der Waals surface area (Å²) in [6.45, 7) is 4.16. The molecule has 0 saturated carbocycles. The first kappa shape index (κ1) is 14.5. The van der Waals surface area contributed by atoms with E-state index in [-0.39, 0.29) is 5.41 Å². The van der Waals surface area contributed by atoms with Gasteiger partial charge < -0.3 is 9.84 Å². The van der Waals surface area contributed by atoms with Crippen molar-refractivity contribution in [2.24, 2.45) is 0 Å². The molecular weight excluding hydrogens is 286 g/mol. The van der Waals surface area contributed by atoms with Crippen molar-refractivity contribution in [3.63, 3.8) is 0 Å². The van der Waals surface area contributed by atoms with Gasteiger partial charge in [-0.05, 0) is 37.1 Å². The van der Waals surface area contributed by atoms with Gasteiger partial charge in [-0.3, -0.25) is 0 Å². The lowest BCUT2D eigenvalue weighted by atomic mass is 9.82. The van der Waals surface area contributed by atoms with E-state index in [1.165, 1.54) is 0 Å². The summed E-state index contributed by atoms with van der Waals surface area (Å²) < 4.78 is 5.57. The van der Waals surface area contributed by atoms with Crippen molar-refractivity contribution < 1.29 is 4.52 Å². The fourth-order valence-electron chi connectivity index (χ4n) is 3.05. The van der Waals surface area contributed by atoms with Crippen molar-refractivity contribution in [1.29, 1.82) is 0 Å². The smallest absolute Gasteiger partial charge is 0.234 e. The van der Waals surface area contributed by atoms with E-state index in [1.54, 1.807) is 0 Å². The fourth-order valence-corrected chi connectivity index (χ4v) is 3.18. The van der Waals surface area contributed by atoms with Crippen molar-refractivity contribution >= 4 is 11.6 Å². The number of rotatable bonds is 5. The van der Waals surface area contributed by atoms with E-state index in [0.29, 0.717) is 6.42 Å². The van der Waals surface area contributed by atoms with E-state index >= 15 is 0 Å². The molecule has 0 amide bonds. The fraction of sp³-hybridized carbons (Fsp3) is 0.500. The zero-order valence-electron chi connectivity index (χ0n) is 12.2. The summed E-state index contributed by atoms with van der Waals surface area (Å²) in [6.07, 6.45) is 3.96. The summed E-state index contributed by atoms with van der Waals surface area (Å²) in [7, 11) is 0. The van der Waals surface area contributed by atoms with Crippen LogP contribution in [0, 0.1) is 0 Å². The van der Waals surface area contributed by atoms with Crippen LogP contribution in [-0.4, -0.2) is 23.2 Å². The minimum atomic E-state index is 0.0278. The molecule has 2 aromatic rings. The number of hydrogen-bond donors (Lipinski definition) is 1. The lowest BCUT2D eigenvalue weighted by molar-refractivity contribution is 0.276. The van der Waals surface area contributed by atoms with Crippen molar-refractivity contribution in [2.75, 3.05) is 13.1 Å². The van der Waals surface area contributed by atoms with E-state index in [2.05, 4.69) is 22.4 Å². The van der Waals surface area contributed by atoms with Crippen LogP contribution in [0.2, 0.25) is 5.02 Å². The van der Waals surface area contributed by atoms with Crippen LogP contribution in [0.3, 0.4) is 0 Å². The summed E-state index contributed by atoms with van der Waals surface area (Å²) in [6, 6.07) is 7.77. The zero-order valence-corrected chi connectivity index (χ0v) is 13.0. The van der Waals surface area contributed by atoms with Crippen LogP contribution >= 0.6 is 11.6 Å². The molecule has 5 heteroatoms. The molecule has 21 heavy (non-hydrogen) atoms. The third-order valence-electron chi connectivity index (χ3n) is 4.17. The van der Waals surface area contributed by atoms with Gasteiger partial charge in [0.2, 0.25) is 5.89 Å². The SMILES string of the molecule is CCCC1(c2nc(Cc3ccc(Cl)cc3)no2)CCNC1. The van der Waals surface area contributed by atoms with Gasteiger partial charge in [0, 0.05) is 18.0 Å². The number of benzene rings is 1. The first-order valence-electron chi connectivity index (χ1n) is 7.50. The highest BCUT2D eigenvalue weighted by molar-refractivity contribution is 6.30. The summed E-state index contributed by atoms with van der Waals surface area (Å²) in [5.74, 6) is 1.54. The molecule has 1 fully saturated rings. The second-order valence-electron chi connectivity index (χ2n) is 5.78. The van der Waals surface area contributed by atoms with Gasteiger partial charge in [-0.25, -0.2) is 0 Å². The normalized spacial score (nSPS) is 21.8. The summed E-state index contributed by atoms with van der Waals surface area (Å²) >= 11 is 5.90. The molecule has 0 spiro atoms. The molecule has 2 heterocycles. The molecule has 1 aromatic heterocycles. The molecule has 1 atom stereocenters. The molecular formula is C16H20ClN3O. The molecule has 0 bridgehead atoms. The Labute approximate surface area is 129 Å². The van der Waals surface area contributed by atoms with Gasteiger partial charge in [0.05, 0.1) is 5.41 Å². The second-order valence-corrected chi connectivity index (χ2v) is 6.21. The predicted molar refractivity (Wildman–Crippen MR) is 82.6 cm³/mol. The standard InChI is InChI=1S/C16H20ClN3O/c1-2-7-16(8-9-18-11-16)15-19-14(20-21-15)10-12-3-5-13(17)6-4-12/h3-6,18H,2,7-11H2,1H3. The van der Waals surface area contributed by atoms with Crippen LogP contribution < -0.4 is 5.32 Å². The Hall–Kier alpha value is -1.39. The molecule has 4 nitrogen and oxygen atoms in total. The first-order valence-corrected chi connectivity index (χ1v) is 7.88. The predicted octanol–water partition coefficient (Wildman–Crippen LogP) is 3.35. The van der Waals surface area contributed by atoms with Gasteiger partial charge in [-0.15, -0.1) is 0 Å². The zero-order chi connectivity index (χ0) is 14.7. The Morgan fingerprint density at radius 1 is 1.33 bits per heavy atom. The van der Waals surface area contributed by atoms with Crippen LogP contribution in [0.4, 0.5) is 0 Å². The maximum atomic E-state index is 5.90. The number of hydrogen-bond acceptors (Lipinski definition) is 4. The molecule has 1 saturated heterocycles. The van der Waals surface area contributed by atoms with E-state index in [9.17, 15) is 0 Å². The highest BCUT2D eigenvalue weighted by atomic mass is 35.5. The molecule has 112 valence electrons. The van der Waals surface area contributed by atoms with Crippen LogP contribution in [-0.2, 0) is 11.8 Å². The van der Waals surface area contributed by atoms with Gasteiger partial charge in [-0.2, -0.15) is 4.98 Å². The topological polar surface area (TPSA) is 51.0 Å². The van der Waals surface area contributed by atoms with E-state index in [1.807, 2.05) is 24.3 Å². The number of nitrogens with zero attached hydrogens (tertiary/aromatic N) is 2. The average Bonchev–Trinajstić information content (AvgIpc) is 3.12. The van der Waals surface area contributed by atoms with Crippen molar-refractivity contribution in [3.8, 4) is 0 Å². The van der Waals surface area contributed by atoms with Crippen molar-refractivity contribution in [2.45, 2.75) is 38.0 Å². The summed E-state index contributed by atoms with van der Waals surface area (Å²) in [5, 5.41) is 8.32. The van der Waals surface area contributed by atoms with Gasteiger partial charge in [0.1, 0.15) is 0 Å². The second kappa shape index (κ2) is 6.16. The largest absolute Gasteiger partial charge is 0.339 e. The molecule has 0 radical (unpaired) electrons. The molecule has 1 N–H and O–H groups in total. The van der Waals surface area contributed by atoms with E-state index < -0.39 is 0 Å². The quantitative estimate of drug-likeness (QED) is 0.920. The Bertz CT molecular complexity index is 588. The number of nitrogens with one attached hydrogen (secondary N) is 1. The maximum absolute atomic E-state index is 5.90. The lowest BCUT2D eigenvalue weighted by Crippen LogP contribution is -2.29. The van der Waals surface area contributed by atoms with Crippen molar-refractivity contribution in [1.82, 2.24) is 15.5 Å². The third-order valence-corrected chi connectivity index (χ3v) is 4.42. The van der Waals surface area contributed by atoms with E-state index in [4.69, 9.17) is 16.1 Å². The van der Waals surface area contributed by atoms with Crippen LogP contribution in [0.5, 0.6) is 0 Å². The average molecular weight is 306 g/mol. The Morgan fingerprint density at radius 3 is 2.81 bits per heavy atom. The highest BCUT2D eigenvalue weighted by Gasteiger charge is 2.39. The molecule has 1 aliphatic rings. The Morgan fingerprint density at radius 2 is 2.14 bits per heavy atom. The van der Waals surface area contributed by atoms with Gasteiger partial charge in [-0.1, -0.05) is 42.2 Å². The van der Waals surface area contributed by atoms with Crippen LogP contribution in [0.15, 0.2) is 28.8 Å². The van der Waals surface area contributed by atoms with Gasteiger partial charge >= 0.3 is 0 Å². The molecule has 0 aliphatic carbocycles. The maximum Gasteiger partial charge on any atom is 0.234 e. The first-order chi connectivity index (χ1) is 10.2. The van der Waals surface area contributed by atoms with E-state index in [0.717, 1.165) is 54.7 Å². The van der Waals surface area contributed by atoms with Gasteiger partial charge in [0.25, 0.3) is 0 Å². The minimum Gasteiger partial charge on any atom is -0.339 e. The number of aromatic nitrogens is 2. The van der Waals surface area contributed by atoms with Crippen LogP contribution in [0.25, 0.3) is 0 Å². The van der Waals surface area contributed by atoms with Crippen molar-refractivity contribution in [3.05, 3.63) is 46.6 Å². The highest BCUT2D eigenvalue weighted by Crippen LogP contribution is 2.34. The third kappa shape index (κ3) is 3.11. The molecule has 1 aromatic carbocycles. The minimum absolute atomic E-state index is 0.0278. The number of halogens is 1. The molecule has 3 rings (SSSR count). The summed E-state index contributed by atoms with van der Waals surface area (Å²) in [5.41, 5.74) is 1.17. The summed E-state index contributed by atoms with van der Waals surface area (Å²) in [4.78, 5) is 4.65. The molecule has 1 aliphatic heterocycles. The molecule has 1 unspecified atom stereocenters. The Kier molecular flexibility index (Phi) is 4.27. The van der Waals surface area contributed by atoms with Crippen LogP contribution in [0.1, 0.15) is 43.5 Å².